The van der Waals surface area contributed by atoms with Crippen LogP contribution in [0.4, 0.5) is 0 Å². The lowest BCUT2D eigenvalue weighted by Gasteiger charge is -2.08. The number of rotatable bonds is 2. The van der Waals surface area contributed by atoms with Gasteiger partial charge in [0.05, 0.1) is 5.56 Å². The minimum absolute atomic E-state index is 0.198. The lowest BCUT2D eigenvalue weighted by molar-refractivity contribution is -0.131. The minimum atomic E-state index is -0.619. The highest BCUT2D eigenvalue weighted by Crippen LogP contribution is 2.25. The van der Waals surface area contributed by atoms with Gasteiger partial charge in [-0.25, -0.2) is 0 Å². The summed E-state index contributed by atoms with van der Waals surface area (Å²) in [6, 6.07) is 10.7. The fourth-order valence-corrected chi connectivity index (χ4v) is 1.65. The van der Waals surface area contributed by atoms with Crippen LogP contribution in [-0.4, -0.2) is 11.9 Å². The second kappa shape index (κ2) is 4.25. The average molecular weight is 229 g/mol. The molecule has 86 valence electrons. The third-order valence-corrected chi connectivity index (χ3v) is 2.37. The zero-order valence-electron chi connectivity index (χ0n) is 9.27. The fourth-order valence-electron chi connectivity index (χ4n) is 1.65. The van der Waals surface area contributed by atoms with Crippen molar-refractivity contribution in [1.82, 2.24) is 0 Å². The van der Waals surface area contributed by atoms with Gasteiger partial charge in [-0.15, -0.1) is 0 Å². The van der Waals surface area contributed by atoms with Crippen molar-refractivity contribution in [3.05, 3.63) is 42.0 Å². The molecule has 2 aromatic rings. The van der Waals surface area contributed by atoms with E-state index in [1.54, 1.807) is 12.1 Å². The van der Waals surface area contributed by atoms with Gasteiger partial charge >= 0.3 is 5.97 Å². The first-order chi connectivity index (χ1) is 8.08. The maximum atomic E-state index is 11.3. The van der Waals surface area contributed by atoms with Crippen molar-refractivity contribution in [3.63, 3.8) is 0 Å². The van der Waals surface area contributed by atoms with Gasteiger partial charge < -0.3 is 10.5 Å². The summed E-state index contributed by atoms with van der Waals surface area (Å²) in [6.45, 7) is 1.28. The molecule has 0 spiro atoms. The Hall–Kier alpha value is -2.36. The maximum absolute atomic E-state index is 11.3. The fraction of sp³-hybridized carbons (Fsp3) is 0.0769. The number of primary amides is 1. The van der Waals surface area contributed by atoms with Gasteiger partial charge in [0.25, 0.3) is 5.91 Å². The molecule has 0 heterocycles. The summed E-state index contributed by atoms with van der Waals surface area (Å²) < 4.78 is 4.98. The molecular formula is C13H11NO3. The molecule has 0 saturated heterocycles. The number of ether oxygens (including phenoxy) is 1. The molecule has 0 unspecified atom stereocenters. The highest BCUT2D eigenvalue weighted by molar-refractivity contribution is 6.01. The molecule has 0 aliphatic heterocycles. The maximum Gasteiger partial charge on any atom is 0.308 e. The van der Waals surface area contributed by atoms with Gasteiger partial charge in [0, 0.05) is 6.92 Å². The Balaban J connectivity index is 2.66. The van der Waals surface area contributed by atoms with Crippen LogP contribution in [0.1, 0.15) is 17.3 Å². The molecule has 0 aliphatic carbocycles. The van der Waals surface area contributed by atoms with E-state index in [0.29, 0.717) is 0 Å². The van der Waals surface area contributed by atoms with Gasteiger partial charge in [-0.2, -0.15) is 0 Å². The summed E-state index contributed by atoms with van der Waals surface area (Å²) in [4.78, 5) is 22.2. The van der Waals surface area contributed by atoms with Gasteiger partial charge in [-0.1, -0.05) is 24.3 Å². The predicted molar refractivity (Wildman–Crippen MR) is 63.8 cm³/mol. The van der Waals surface area contributed by atoms with E-state index in [0.717, 1.165) is 10.8 Å². The SMILES string of the molecule is CC(=O)Oc1cc2ccccc2cc1C(N)=O. The van der Waals surface area contributed by atoms with E-state index < -0.39 is 11.9 Å². The molecule has 1 amide bonds. The average Bonchev–Trinajstić information content (AvgIpc) is 2.27. The third-order valence-electron chi connectivity index (χ3n) is 2.37. The molecule has 2 rings (SSSR count). The molecule has 0 saturated carbocycles. The van der Waals surface area contributed by atoms with Crippen molar-refractivity contribution >= 4 is 22.6 Å². The first kappa shape index (κ1) is 11.1. The Morgan fingerprint density at radius 2 is 1.71 bits per heavy atom. The van der Waals surface area contributed by atoms with E-state index in [1.807, 2.05) is 24.3 Å². The van der Waals surface area contributed by atoms with Crippen molar-refractivity contribution in [2.75, 3.05) is 0 Å². The van der Waals surface area contributed by atoms with Gasteiger partial charge in [-0.05, 0) is 22.9 Å². The minimum Gasteiger partial charge on any atom is -0.426 e. The van der Waals surface area contributed by atoms with Crippen LogP contribution in [0.2, 0.25) is 0 Å². The molecule has 0 bridgehead atoms. The molecule has 4 nitrogen and oxygen atoms in total. The van der Waals surface area contributed by atoms with Crippen molar-refractivity contribution in [3.8, 4) is 5.75 Å². The largest absolute Gasteiger partial charge is 0.426 e. The summed E-state index contributed by atoms with van der Waals surface area (Å²) >= 11 is 0. The molecular weight excluding hydrogens is 218 g/mol. The van der Waals surface area contributed by atoms with Gasteiger partial charge in [0.15, 0.2) is 0 Å². The van der Waals surface area contributed by atoms with Crippen LogP contribution in [0.25, 0.3) is 10.8 Å². The monoisotopic (exact) mass is 229 g/mol. The zero-order valence-corrected chi connectivity index (χ0v) is 9.27. The summed E-state index contributed by atoms with van der Waals surface area (Å²) in [5.41, 5.74) is 5.46. The Labute approximate surface area is 98.0 Å². The van der Waals surface area contributed by atoms with Gasteiger partial charge in [-0.3, -0.25) is 9.59 Å². The number of fused-ring (bicyclic) bond motifs is 1. The number of carbonyl (C=O) groups is 2. The third kappa shape index (κ3) is 2.25. The summed E-state index contributed by atoms with van der Waals surface area (Å²) in [7, 11) is 0. The normalized spacial score (nSPS) is 10.2. The molecule has 0 fully saturated rings. The molecule has 0 aliphatic rings. The number of esters is 1. The lowest BCUT2D eigenvalue weighted by Crippen LogP contribution is -2.14. The molecule has 0 aromatic heterocycles. The number of nitrogens with two attached hydrogens (primary N) is 1. The van der Waals surface area contributed by atoms with Crippen molar-refractivity contribution < 1.29 is 14.3 Å². The summed E-state index contributed by atoms with van der Waals surface area (Å²) in [6.07, 6.45) is 0. The van der Waals surface area contributed by atoms with E-state index >= 15 is 0 Å². The second-order valence-electron chi connectivity index (χ2n) is 3.65. The molecule has 2 N–H and O–H groups in total. The number of carbonyl (C=O) groups excluding carboxylic acids is 2. The van der Waals surface area contributed by atoms with E-state index in [9.17, 15) is 9.59 Å². The highest BCUT2D eigenvalue weighted by atomic mass is 16.5. The predicted octanol–water partition coefficient (Wildman–Crippen LogP) is 1.86. The van der Waals surface area contributed by atoms with Gasteiger partial charge in [0.1, 0.15) is 5.75 Å². The Kier molecular flexibility index (Phi) is 2.78. The Morgan fingerprint density at radius 3 is 2.24 bits per heavy atom. The van der Waals surface area contributed by atoms with Crippen LogP contribution in [0.5, 0.6) is 5.75 Å². The molecule has 2 aromatic carbocycles. The first-order valence-corrected chi connectivity index (χ1v) is 5.09. The van der Waals surface area contributed by atoms with Crippen molar-refractivity contribution in [2.45, 2.75) is 6.92 Å². The van der Waals surface area contributed by atoms with Crippen LogP contribution in [0, 0.1) is 0 Å². The molecule has 4 heteroatoms. The van der Waals surface area contributed by atoms with Crippen LogP contribution < -0.4 is 10.5 Å². The molecule has 17 heavy (non-hydrogen) atoms. The number of amides is 1. The topological polar surface area (TPSA) is 69.4 Å². The van der Waals surface area contributed by atoms with E-state index in [-0.39, 0.29) is 11.3 Å². The number of hydrogen-bond acceptors (Lipinski definition) is 3. The number of hydrogen-bond donors (Lipinski definition) is 1. The van der Waals surface area contributed by atoms with E-state index in [4.69, 9.17) is 10.5 Å². The second-order valence-corrected chi connectivity index (χ2v) is 3.65. The standard InChI is InChI=1S/C13H11NO3/c1-8(15)17-12-7-10-5-3-2-4-9(10)6-11(12)13(14)16/h2-7H,1H3,(H2,14,16). The van der Waals surface area contributed by atoms with Crippen molar-refractivity contribution in [2.24, 2.45) is 5.73 Å². The summed E-state index contributed by atoms with van der Waals surface area (Å²) in [5.74, 6) is -0.904. The quantitative estimate of drug-likeness (QED) is 0.631. The highest BCUT2D eigenvalue weighted by Gasteiger charge is 2.12. The van der Waals surface area contributed by atoms with Crippen LogP contribution in [0.15, 0.2) is 36.4 Å². The van der Waals surface area contributed by atoms with Crippen LogP contribution >= 0.6 is 0 Å². The lowest BCUT2D eigenvalue weighted by atomic mass is 10.1. The van der Waals surface area contributed by atoms with Crippen LogP contribution in [-0.2, 0) is 4.79 Å². The first-order valence-electron chi connectivity index (χ1n) is 5.09. The van der Waals surface area contributed by atoms with E-state index in [2.05, 4.69) is 0 Å². The zero-order chi connectivity index (χ0) is 12.4. The molecule has 0 radical (unpaired) electrons. The van der Waals surface area contributed by atoms with Crippen LogP contribution in [0.3, 0.4) is 0 Å². The Bertz CT molecular complexity index is 605. The molecule has 0 atom stereocenters. The number of benzene rings is 2. The van der Waals surface area contributed by atoms with Gasteiger partial charge in [0.2, 0.25) is 0 Å². The van der Waals surface area contributed by atoms with Crippen molar-refractivity contribution in [1.29, 1.82) is 0 Å². The van der Waals surface area contributed by atoms with E-state index in [1.165, 1.54) is 6.92 Å². The smallest absolute Gasteiger partial charge is 0.308 e. The summed E-state index contributed by atoms with van der Waals surface area (Å²) in [5, 5.41) is 1.76. The Morgan fingerprint density at radius 1 is 1.12 bits per heavy atom.